The molecule has 0 radical (unpaired) electrons. The third kappa shape index (κ3) is 2.26. The van der Waals surface area contributed by atoms with E-state index in [2.05, 4.69) is 19.1 Å². The van der Waals surface area contributed by atoms with Gasteiger partial charge in [-0.3, -0.25) is 0 Å². The maximum absolute atomic E-state index is 10.5. The second kappa shape index (κ2) is 5.73. The van der Waals surface area contributed by atoms with Crippen LogP contribution in [0.3, 0.4) is 0 Å². The van der Waals surface area contributed by atoms with Gasteiger partial charge in [0.25, 0.3) is 0 Å². The summed E-state index contributed by atoms with van der Waals surface area (Å²) >= 11 is 0. The molecule has 4 rings (SSSR count). The number of benzene rings is 2. The lowest BCUT2D eigenvalue weighted by Crippen LogP contribution is -2.28. The fourth-order valence-corrected chi connectivity index (χ4v) is 4.60. The predicted octanol–water partition coefficient (Wildman–Crippen LogP) is 4.11. The third-order valence-electron chi connectivity index (χ3n) is 5.94. The zero-order valence-electron chi connectivity index (χ0n) is 14.3. The van der Waals surface area contributed by atoms with Gasteiger partial charge in [-0.1, -0.05) is 19.1 Å². The number of hydrogen-bond acceptors (Lipinski definition) is 3. The van der Waals surface area contributed by atoms with Gasteiger partial charge in [-0.15, -0.1) is 0 Å². The molecular weight excluding hydrogens is 300 g/mol. The standard InChI is InChI=1S/C21H24O3/c1-3-12-8-13-4-5-14-10-18-15(6-7-20(24-2)21(18)23)9-16(14)17(13)11-19(12)22/h6-8,11,14,16,22-23H,3-5,9-10H2,1-2H3/t14?,16-/m1/s1. The first-order valence-corrected chi connectivity index (χ1v) is 8.84. The van der Waals surface area contributed by atoms with E-state index in [1.807, 2.05) is 12.1 Å². The Morgan fingerprint density at radius 2 is 1.96 bits per heavy atom. The largest absolute Gasteiger partial charge is 0.508 e. The van der Waals surface area contributed by atoms with E-state index in [1.54, 1.807) is 7.11 Å². The van der Waals surface area contributed by atoms with Crippen LogP contribution in [-0.4, -0.2) is 17.3 Å². The molecule has 3 nitrogen and oxygen atoms in total. The highest BCUT2D eigenvalue weighted by Crippen LogP contribution is 2.48. The molecule has 2 aromatic carbocycles. The Balaban J connectivity index is 1.76. The van der Waals surface area contributed by atoms with Crippen LogP contribution in [0.5, 0.6) is 17.2 Å². The number of phenolic OH excluding ortho intramolecular Hbond substituents is 2. The molecule has 1 unspecified atom stereocenters. The minimum Gasteiger partial charge on any atom is -0.508 e. The molecule has 2 atom stereocenters. The molecule has 2 N–H and O–H groups in total. The van der Waals surface area contributed by atoms with Crippen molar-refractivity contribution in [2.75, 3.05) is 7.11 Å². The van der Waals surface area contributed by atoms with Gasteiger partial charge in [0.05, 0.1) is 7.11 Å². The molecule has 126 valence electrons. The van der Waals surface area contributed by atoms with Crippen LogP contribution in [0.4, 0.5) is 0 Å². The van der Waals surface area contributed by atoms with Crippen LogP contribution >= 0.6 is 0 Å². The number of hydrogen-bond donors (Lipinski definition) is 2. The first kappa shape index (κ1) is 15.4. The molecule has 0 saturated heterocycles. The fraction of sp³-hybridized carbons (Fsp3) is 0.429. The maximum atomic E-state index is 10.5. The predicted molar refractivity (Wildman–Crippen MR) is 94.1 cm³/mol. The van der Waals surface area contributed by atoms with Gasteiger partial charge >= 0.3 is 0 Å². The van der Waals surface area contributed by atoms with Crippen molar-refractivity contribution in [2.45, 2.75) is 44.9 Å². The van der Waals surface area contributed by atoms with Crippen molar-refractivity contribution in [3.05, 3.63) is 52.1 Å². The van der Waals surface area contributed by atoms with Crippen molar-refractivity contribution in [3.63, 3.8) is 0 Å². The van der Waals surface area contributed by atoms with Gasteiger partial charge in [-0.2, -0.15) is 0 Å². The van der Waals surface area contributed by atoms with Crippen LogP contribution in [-0.2, 0) is 25.7 Å². The first-order chi connectivity index (χ1) is 11.6. The molecule has 0 aromatic heterocycles. The van der Waals surface area contributed by atoms with Gasteiger partial charge < -0.3 is 14.9 Å². The molecule has 0 spiro atoms. The number of aryl methyl sites for hydroxylation is 2. The van der Waals surface area contributed by atoms with E-state index in [9.17, 15) is 10.2 Å². The van der Waals surface area contributed by atoms with Crippen LogP contribution in [0.2, 0.25) is 0 Å². The van der Waals surface area contributed by atoms with Gasteiger partial charge in [0.1, 0.15) is 5.75 Å². The van der Waals surface area contributed by atoms with E-state index >= 15 is 0 Å². The monoisotopic (exact) mass is 324 g/mol. The zero-order chi connectivity index (χ0) is 16.8. The van der Waals surface area contributed by atoms with E-state index in [1.165, 1.54) is 16.7 Å². The summed E-state index contributed by atoms with van der Waals surface area (Å²) in [4.78, 5) is 0. The maximum Gasteiger partial charge on any atom is 0.161 e. The Morgan fingerprint density at radius 3 is 2.71 bits per heavy atom. The molecule has 0 heterocycles. The number of rotatable bonds is 2. The zero-order valence-corrected chi connectivity index (χ0v) is 14.3. The van der Waals surface area contributed by atoms with Crippen LogP contribution in [0.1, 0.15) is 47.1 Å². The SMILES string of the molecule is CCc1cc2c(cc1O)[C@@H]1Cc3ccc(OC)c(O)c3CC1CC2. The van der Waals surface area contributed by atoms with Gasteiger partial charge in [0, 0.05) is 5.56 Å². The molecule has 0 amide bonds. The van der Waals surface area contributed by atoms with E-state index < -0.39 is 0 Å². The molecule has 24 heavy (non-hydrogen) atoms. The van der Waals surface area contributed by atoms with Gasteiger partial charge in [-0.05, 0) is 78.3 Å². The first-order valence-electron chi connectivity index (χ1n) is 8.84. The summed E-state index contributed by atoms with van der Waals surface area (Å²) in [6.45, 7) is 2.08. The van der Waals surface area contributed by atoms with E-state index in [4.69, 9.17) is 4.74 Å². The second-order valence-electron chi connectivity index (χ2n) is 7.10. The molecule has 0 saturated carbocycles. The molecule has 2 aliphatic carbocycles. The van der Waals surface area contributed by atoms with Crippen LogP contribution < -0.4 is 4.74 Å². The lowest BCUT2D eigenvalue weighted by atomic mass is 9.66. The lowest BCUT2D eigenvalue weighted by molar-refractivity contribution is 0.328. The van der Waals surface area contributed by atoms with Crippen molar-refractivity contribution in [1.29, 1.82) is 0 Å². The van der Waals surface area contributed by atoms with Crippen molar-refractivity contribution in [3.8, 4) is 17.2 Å². The van der Waals surface area contributed by atoms with Gasteiger partial charge in [0.2, 0.25) is 0 Å². The highest BCUT2D eigenvalue weighted by Gasteiger charge is 2.36. The normalized spacial score (nSPS) is 21.6. The third-order valence-corrected chi connectivity index (χ3v) is 5.94. The number of ether oxygens (including phenoxy) is 1. The Kier molecular flexibility index (Phi) is 3.67. The average molecular weight is 324 g/mol. The Labute approximate surface area is 142 Å². The van der Waals surface area contributed by atoms with E-state index in [-0.39, 0.29) is 0 Å². The van der Waals surface area contributed by atoms with Gasteiger partial charge in [0.15, 0.2) is 11.5 Å². The van der Waals surface area contributed by atoms with Crippen molar-refractivity contribution in [2.24, 2.45) is 5.92 Å². The van der Waals surface area contributed by atoms with Crippen LogP contribution in [0, 0.1) is 5.92 Å². The summed E-state index contributed by atoms with van der Waals surface area (Å²) < 4.78 is 5.26. The smallest absolute Gasteiger partial charge is 0.161 e. The molecular formula is C21H24O3. The van der Waals surface area contributed by atoms with Crippen LogP contribution in [0.15, 0.2) is 24.3 Å². The summed E-state index contributed by atoms with van der Waals surface area (Å²) in [6.07, 6.45) is 4.88. The summed E-state index contributed by atoms with van der Waals surface area (Å²) in [5.74, 6) is 2.26. The molecule has 0 fully saturated rings. The molecule has 2 aromatic rings. The average Bonchev–Trinajstić information content (AvgIpc) is 2.60. The number of aromatic hydroxyl groups is 2. The summed E-state index contributed by atoms with van der Waals surface area (Å²) in [5, 5.41) is 20.8. The Morgan fingerprint density at radius 1 is 1.12 bits per heavy atom. The Hall–Kier alpha value is -2.16. The summed E-state index contributed by atoms with van der Waals surface area (Å²) in [5.41, 5.74) is 6.01. The summed E-state index contributed by atoms with van der Waals surface area (Å²) in [7, 11) is 1.60. The quantitative estimate of drug-likeness (QED) is 0.874. The minimum atomic E-state index is 0.309. The second-order valence-corrected chi connectivity index (χ2v) is 7.10. The summed E-state index contributed by atoms with van der Waals surface area (Å²) in [6, 6.07) is 8.13. The van der Waals surface area contributed by atoms with E-state index in [0.29, 0.717) is 29.1 Å². The number of phenols is 2. The number of methoxy groups -OCH3 is 1. The lowest BCUT2D eigenvalue weighted by Gasteiger charge is -2.39. The van der Waals surface area contributed by atoms with Crippen molar-refractivity contribution in [1.82, 2.24) is 0 Å². The molecule has 0 bridgehead atoms. The highest BCUT2D eigenvalue weighted by atomic mass is 16.5. The van der Waals surface area contributed by atoms with E-state index in [0.717, 1.165) is 43.2 Å². The van der Waals surface area contributed by atoms with Gasteiger partial charge in [-0.25, -0.2) is 0 Å². The molecule has 2 aliphatic rings. The Bertz CT molecular complexity index is 794. The topological polar surface area (TPSA) is 49.7 Å². The van der Waals surface area contributed by atoms with Crippen molar-refractivity contribution >= 4 is 0 Å². The number of fused-ring (bicyclic) bond motifs is 4. The highest BCUT2D eigenvalue weighted by molar-refractivity contribution is 5.53. The molecule has 3 heteroatoms. The van der Waals surface area contributed by atoms with Crippen LogP contribution in [0.25, 0.3) is 0 Å². The fourth-order valence-electron chi connectivity index (χ4n) is 4.60. The minimum absolute atomic E-state index is 0.309. The molecule has 0 aliphatic heterocycles. The van der Waals surface area contributed by atoms with Crippen molar-refractivity contribution < 1.29 is 14.9 Å².